The van der Waals surface area contributed by atoms with Crippen molar-refractivity contribution in [3.05, 3.63) is 72.3 Å². The Morgan fingerprint density at radius 3 is 2.66 bits per heavy atom. The van der Waals surface area contributed by atoms with Crippen molar-refractivity contribution in [1.82, 2.24) is 4.98 Å². The van der Waals surface area contributed by atoms with Crippen molar-refractivity contribution in [2.75, 3.05) is 25.1 Å². The fraction of sp³-hybridized carbons (Fsp3) is 0.130. The molecular weight excluding hydrogens is 384 g/mol. The Balaban J connectivity index is 1.37. The number of fused-ring (bicyclic) bond motifs is 2. The van der Waals surface area contributed by atoms with Crippen molar-refractivity contribution in [1.29, 1.82) is 0 Å². The lowest BCUT2D eigenvalue weighted by Gasteiger charge is -2.18. The van der Waals surface area contributed by atoms with Gasteiger partial charge in [-0.2, -0.15) is 0 Å². The van der Waals surface area contributed by atoms with Gasteiger partial charge in [0.05, 0.1) is 16.8 Å². The molecule has 3 aromatic carbocycles. The van der Waals surface area contributed by atoms with Crippen LogP contribution in [0.3, 0.4) is 0 Å². The van der Waals surface area contributed by atoms with Gasteiger partial charge in [0.25, 0.3) is 0 Å². The van der Waals surface area contributed by atoms with Gasteiger partial charge in [-0.1, -0.05) is 24.3 Å². The summed E-state index contributed by atoms with van der Waals surface area (Å²) in [6, 6.07) is 21.3. The van der Waals surface area contributed by atoms with Crippen LogP contribution in [-0.2, 0) is 0 Å². The quantitative estimate of drug-likeness (QED) is 0.475. The second kappa shape index (κ2) is 7.56. The molecule has 144 valence electrons. The van der Waals surface area contributed by atoms with E-state index in [1.54, 1.807) is 29.5 Å². The monoisotopic (exact) mass is 402 g/mol. The van der Waals surface area contributed by atoms with Crippen LogP contribution in [0.4, 0.5) is 5.69 Å². The number of aromatic nitrogens is 1. The number of hydrogen-bond acceptors (Lipinski definition) is 6. The van der Waals surface area contributed by atoms with Gasteiger partial charge in [0.2, 0.25) is 0 Å². The minimum Gasteiger partial charge on any atom is -0.486 e. The molecule has 5 rings (SSSR count). The minimum atomic E-state index is -0.0129. The Labute approximate surface area is 171 Å². The molecule has 0 fully saturated rings. The van der Waals surface area contributed by atoms with Gasteiger partial charge in [0, 0.05) is 16.8 Å². The van der Waals surface area contributed by atoms with E-state index in [1.165, 1.54) is 0 Å². The lowest BCUT2D eigenvalue weighted by molar-refractivity contribution is 0.100. The van der Waals surface area contributed by atoms with Gasteiger partial charge in [0.1, 0.15) is 18.2 Å². The third-order valence-corrected chi connectivity index (χ3v) is 5.82. The maximum Gasteiger partial charge on any atom is 0.181 e. The standard InChI is InChI=1S/C23H18N2O3S/c26-19(15-9-10-20-21(13-15)28-12-11-27-20)14-24-17-6-2-1-5-16(17)23-25-18-7-3-4-8-22(18)29-23/h1-10,13,24H,11-12,14H2. The summed E-state index contributed by atoms with van der Waals surface area (Å²) in [5.74, 6) is 1.29. The van der Waals surface area contributed by atoms with Gasteiger partial charge in [-0.05, 0) is 42.5 Å². The van der Waals surface area contributed by atoms with Crippen molar-refractivity contribution in [2.24, 2.45) is 0 Å². The summed E-state index contributed by atoms with van der Waals surface area (Å²) < 4.78 is 12.2. The molecule has 5 nitrogen and oxygen atoms in total. The summed E-state index contributed by atoms with van der Waals surface area (Å²) in [4.78, 5) is 17.5. The molecule has 1 aliphatic heterocycles. The number of carbonyl (C=O) groups excluding carboxylic acids is 1. The maximum atomic E-state index is 12.7. The van der Waals surface area contributed by atoms with Gasteiger partial charge >= 0.3 is 0 Å². The van der Waals surface area contributed by atoms with E-state index in [0.717, 1.165) is 26.5 Å². The Morgan fingerprint density at radius 2 is 1.76 bits per heavy atom. The van der Waals surface area contributed by atoms with Crippen molar-refractivity contribution in [3.8, 4) is 22.1 Å². The number of nitrogens with one attached hydrogen (secondary N) is 1. The van der Waals surface area contributed by atoms with Crippen LogP contribution in [0.5, 0.6) is 11.5 Å². The minimum absolute atomic E-state index is 0.0129. The predicted molar refractivity (Wildman–Crippen MR) is 115 cm³/mol. The molecule has 0 bridgehead atoms. The van der Waals surface area contributed by atoms with E-state index in [-0.39, 0.29) is 12.3 Å². The molecule has 4 aromatic rings. The van der Waals surface area contributed by atoms with E-state index in [1.807, 2.05) is 42.5 Å². The van der Waals surface area contributed by atoms with Crippen LogP contribution in [0, 0.1) is 0 Å². The first-order chi connectivity index (χ1) is 14.3. The second-order valence-corrected chi connectivity index (χ2v) is 7.70. The zero-order chi connectivity index (χ0) is 19.6. The smallest absolute Gasteiger partial charge is 0.181 e. The molecule has 29 heavy (non-hydrogen) atoms. The van der Waals surface area contributed by atoms with Gasteiger partial charge in [-0.15, -0.1) is 11.3 Å². The number of Topliss-reactive ketones (excluding diaryl/α,β-unsaturated/α-hetero) is 1. The van der Waals surface area contributed by atoms with E-state index in [9.17, 15) is 4.79 Å². The van der Waals surface area contributed by atoms with E-state index >= 15 is 0 Å². The molecule has 6 heteroatoms. The average Bonchev–Trinajstić information content (AvgIpc) is 3.21. The number of carbonyl (C=O) groups is 1. The molecule has 1 aromatic heterocycles. The molecule has 0 unspecified atom stereocenters. The number of rotatable bonds is 5. The van der Waals surface area contributed by atoms with Crippen molar-refractivity contribution in [2.45, 2.75) is 0 Å². The summed E-state index contributed by atoms with van der Waals surface area (Å²) in [7, 11) is 0. The fourth-order valence-electron chi connectivity index (χ4n) is 3.31. The number of para-hydroxylation sites is 2. The lowest BCUT2D eigenvalue weighted by Crippen LogP contribution is -2.17. The summed E-state index contributed by atoms with van der Waals surface area (Å²) >= 11 is 1.64. The Bertz CT molecular complexity index is 1170. The predicted octanol–water partition coefficient (Wildman–Crippen LogP) is 5.03. The van der Waals surface area contributed by atoms with Crippen LogP contribution >= 0.6 is 11.3 Å². The number of benzene rings is 3. The van der Waals surface area contributed by atoms with Gasteiger partial charge < -0.3 is 14.8 Å². The van der Waals surface area contributed by atoms with Crippen molar-refractivity contribution >= 4 is 33.0 Å². The first-order valence-electron chi connectivity index (χ1n) is 9.40. The SMILES string of the molecule is O=C(CNc1ccccc1-c1nc2ccccc2s1)c1ccc2c(c1)OCCO2. The molecule has 0 radical (unpaired) electrons. The topological polar surface area (TPSA) is 60.5 Å². The highest BCUT2D eigenvalue weighted by Gasteiger charge is 2.16. The summed E-state index contributed by atoms with van der Waals surface area (Å²) in [5.41, 5.74) is 3.45. The third kappa shape index (κ3) is 3.54. The molecule has 0 saturated carbocycles. The fourth-order valence-corrected chi connectivity index (χ4v) is 4.31. The number of thiazole rings is 1. The zero-order valence-corrected chi connectivity index (χ0v) is 16.4. The first-order valence-corrected chi connectivity index (χ1v) is 10.2. The van der Waals surface area contributed by atoms with Crippen LogP contribution in [0.15, 0.2) is 66.7 Å². The van der Waals surface area contributed by atoms with E-state index in [0.29, 0.717) is 30.3 Å². The number of ether oxygens (including phenoxy) is 2. The van der Waals surface area contributed by atoms with Crippen molar-refractivity contribution in [3.63, 3.8) is 0 Å². The molecule has 1 N–H and O–H groups in total. The number of nitrogens with zero attached hydrogens (tertiary/aromatic N) is 1. The van der Waals surface area contributed by atoms with Crippen LogP contribution in [-0.4, -0.2) is 30.5 Å². The zero-order valence-electron chi connectivity index (χ0n) is 15.6. The van der Waals surface area contributed by atoms with Crippen LogP contribution in [0.25, 0.3) is 20.8 Å². The molecule has 0 amide bonds. The third-order valence-electron chi connectivity index (χ3n) is 4.75. The summed E-state index contributed by atoms with van der Waals surface area (Å²) in [5, 5.41) is 4.21. The second-order valence-electron chi connectivity index (χ2n) is 6.67. The largest absolute Gasteiger partial charge is 0.486 e. The van der Waals surface area contributed by atoms with Crippen molar-refractivity contribution < 1.29 is 14.3 Å². The van der Waals surface area contributed by atoms with E-state index in [4.69, 9.17) is 14.5 Å². The molecule has 2 heterocycles. The van der Waals surface area contributed by atoms with Gasteiger partial charge in [-0.25, -0.2) is 4.98 Å². The number of ketones is 1. The van der Waals surface area contributed by atoms with Gasteiger partial charge in [0.15, 0.2) is 17.3 Å². The molecular formula is C23H18N2O3S. The number of anilines is 1. The van der Waals surface area contributed by atoms with Crippen LogP contribution in [0.2, 0.25) is 0 Å². The molecule has 0 spiro atoms. The molecule has 0 aliphatic carbocycles. The van der Waals surface area contributed by atoms with E-state index < -0.39 is 0 Å². The highest BCUT2D eigenvalue weighted by molar-refractivity contribution is 7.21. The van der Waals surface area contributed by atoms with E-state index in [2.05, 4.69) is 11.4 Å². The maximum absolute atomic E-state index is 12.7. The Kier molecular flexibility index (Phi) is 4.62. The summed E-state index contributed by atoms with van der Waals surface area (Å²) in [6.45, 7) is 1.21. The highest BCUT2D eigenvalue weighted by atomic mass is 32.1. The Morgan fingerprint density at radius 1 is 0.966 bits per heavy atom. The normalized spacial score (nSPS) is 12.7. The highest BCUT2D eigenvalue weighted by Crippen LogP contribution is 2.34. The molecule has 0 saturated heterocycles. The molecule has 0 atom stereocenters. The first kappa shape index (κ1) is 17.7. The number of hydrogen-bond donors (Lipinski definition) is 1. The molecule has 1 aliphatic rings. The Hall–Kier alpha value is -3.38. The lowest BCUT2D eigenvalue weighted by atomic mass is 10.1. The summed E-state index contributed by atoms with van der Waals surface area (Å²) in [6.07, 6.45) is 0. The van der Waals surface area contributed by atoms with Crippen LogP contribution in [0.1, 0.15) is 10.4 Å². The van der Waals surface area contributed by atoms with Gasteiger partial charge in [-0.3, -0.25) is 4.79 Å². The van der Waals surface area contributed by atoms with Crippen LogP contribution < -0.4 is 14.8 Å². The average molecular weight is 402 g/mol.